The summed E-state index contributed by atoms with van der Waals surface area (Å²) in [6.07, 6.45) is 16.6. The van der Waals surface area contributed by atoms with Crippen molar-refractivity contribution in [1.82, 2.24) is 0 Å². The molecule has 0 aromatic heterocycles. The molecule has 0 amide bonds. The lowest BCUT2D eigenvalue weighted by molar-refractivity contribution is -0.112. The van der Waals surface area contributed by atoms with Crippen molar-refractivity contribution in [2.24, 2.45) is 28.6 Å². The van der Waals surface area contributed by atoms with Gasteiger partial charge in [0.1, 0.15) is 0 Å². The van der Waals surface area contributed by atoms with Gasteiger partial charge < -0.3 is 0 Å². The molecule has 1 saturated carbocycles. The van der Waals surface area contributed by atoms with Crippen LogP contribution in [0.1, 0.15) is 73.1 Å². The highest BCUT2D eigenvalue weighted by Gasteiger charge is 2.48. The molecule has 3 aliphatic carbocycles. The molecule has 3 atom stereocenters. The lowest BCUT2D eigenvalue weighted by Gasteiger charge is -2.53. The van der Waals surface area contributed by atoms with Crippen LogP contribution in [0.25, 0.3) is 0 Å². The SMILES string of the molecule is CC(=O)C=CCC1CCCC2=CC3=CC(C)(C)CCC3C(C)(C)C21. The summed E-state index contributed by atoms with van der Waals surface area (Å²) in [5, 5.41) is 0. The van der Waals surface area contributed by atoms with E-state index in [0.717, 1.165) is 6.42 Å². The van der Waals surface area contributed by atoms with Crippen LogP contribution >= 0.6 is 0 Å². The summed E-state index contributed by atoms with van der Waals surface area (Å²) < 4.78 is 0. The van der Waals surface area contributed by atoms with Crippen molar-refractivity contribution in [1.29, 1.82) is 0 Å². The molecule has 0 bridgehead atoms. The fraction of sp³-hybridized carbons (Fsp3) is 0.696. The maximum absolute atomic E-state index is 11.2. The van der Waals surface area contributed by atoms with Gasteiger partial charge >= 0.3 is 0 Å². The first-order chi connectivity index (χ1) is 11.2. The summed E-state index contributed by atoms with van der Waals surface area (Å²) in [5.41, 5.74) is 3.99. The van der Waals surface area contributed by atoms with E-state index in [-0.39, 0.29) is 5.78 Å². The molecule has 132 valence electrons. The molecular weight excluding hydrogens is 292 g/mol. The molecule has 0 aromatic rings. The molecule has 24 heavy (non-hydrogen) atoms. The van der Waals surface area contributed by atoms with Gasteiger partial charge in [-0.05, 0) is 85.7 Å². The summed E-state index contributed by atoms with van der Waals surface area (Å²) in [5.74, 6) is 2.26. The number of allylic oxidation sites excluding steroid dienone is 6. The molecule has 0 saturated heterocycles. The van der Waals surface area contributed by atoms with Gasteiger partial charge in [-0.15, -0.1) is 0 Å². The topological polar surface area (TPSA) is 17.1 Å². The molecule has 0 aromatic carbocycles. The number of fused-ring (bicyclic) bond motifs is 2. The van der Waals surface area contributed by atoms with Gasteiger partial charge in [-0.3, -0.25) is 4.79 Å². The average molecular weight is 327 g/mol. The normalized spacial score (nSPS) is 34.1. The molecule has 1 fully saturated rings. The molecule has 1 heteroatoms. The van der Waals surface area contributed by atoms with E-state index in [9.17, 15) is 4.79 Å². The van der Waals surface area contributed by atoms with Crippen LogP contribution in [0.5, 0.6) is 0 Å². The van der Waals surface area contributed by atoms with Gasteiger partial charge in [0, 0.05) is 0 Å². The third-order valence-corrected chi connectivity index (χ3v) is 6.79. The first-order valence-corrected chi connectivity index (χ1v) is 9.81. The van der Waals surface area contributed by atoms with E-state index in [4.69, 9.17) is 0 Å². The van der Waals surface area contributed by atoms with Crippen LogP contribution in [0.4, 0.5) is 0 Å². The molecule has 0 N–H and O–H groups in total. The second-order valence-corrected chi connectivity index (χ2v) is 9.64. The Morgan fingerprint density at radius 2 is 2.00 bits per heavy atom. The van der Waals surface area contributed by atoms with Crippen LogP contribution in [0.2, 0.25) is 0 Å². The van der Waals surface area contributed by atoms with Gasteiger partial charge in [0.05, 0.1) is 0 Å². The minimum atomic E-state index is 0.171. The number of carbonyl (C=O) groups is 1. The monoisotopic (exact) mass is 326 g/mol. The number of rotatable bonds is 3. The zero-order valence-corrected chi connectivity index (χ0v) is 16.2. The highest BCUT2D eigenvalue weighted by molar-refractivity contribution is 5.87. The van der Waals surface area contributed by atoms with Gasteiger partial charge in [0.25, 0.3) is 0 Å². The Morgan fingerprint density at radius 1 is 1.25 bits per heavy atom. The quantitative estimate of drug-likeness (QED) is 0.559. The Morgan fingerprint density at radius 3 is 2.71 bits per heavy atom. The molecule has 3 aliphatic rings. The molecule has 3 rings (SSSR count). The summed E-state index contributed by atoms with van der Waals surface area (Å²) in [7, 11) is 0. The first kappa shape index (κ1) is 17.7. The highest BCUT2D eigenvalue weighted by atomic mass is 16.1. The Labute approximate surface area is 148 Å². The second-order valence-electron chi connectivity index (χ2n) is 9.64. The van der Waals surface area contributed by atoms with Gasteiger partial charge in [-0.2, -0.15) is 0 Å². The van der Waals surface area contributed by atoms with E-state index in [1.165, 1.54) is 32.1 Å². The highest BCUT2D eigenvalue weighted by Crippen LogP contribution is 2.58. The summed E-state index contributed by atoms with van der Waals surface area (Å²) >= 11 is 0. The molecule has 1 nitrogen and oxygen atoms in total. The minimum Gasteiger partial charge on any atom is -0.295 e. The van der Waals surface area contributed by atoms with Crippen LogP contribution < -0.4 is 0 Å². The standard InChI is InChI=1S/C23H34O/c1-16(24)8-6-9-17-10-7-11-18-14-19-15-22(2,3)13-12-20(19)23(4,5)21(17)18/h6,8,14-15,17,20-21H,7,9-13H2,1-5H3. The summed E-state index contributed by atoms with van der Waals surface area (Å²) in [6, 6.07) is 0. The van der Waals surface area contributed by atoms with E-state index < -0.39 is 0 Å². The third-order valence-electron chi connectivity index (χ3n) is 6.79. The maximum Gasteiger partial charge on any atom is 0.152 e. The molecule has 0 radical (unpaired) electrons. The zero-order chi connectivity index (χ0) is 17.5. The van der Waals surface area contributed by atoms with Crippen molar-refractivity contribution in [3.63, 3.8) is 0 Å². The van der Waals surface area contributed by atoms with Crippen molar-refractivity contribution in [2.75, 3.05) is 0 Å². The van der Waals surface area contributed by atoms with Crippen molar-refractivity contribution in [3.8, 4) is 0 Å². The van der Waals surface area contributed by atoms with Crippen LogP contribution in [-0.4, -0.2) is 5.78 Å². The van der Waals surface area contributed by atoms with Crippen molar-refractivity contribution >= 4 is 5.78 Å². The minimum absolute atomic E-state index is 0.171. The predicted octanol–water partition coefficient (Wildman–Crippen LogP) is 6.27. The molecule has 0 heterocycles. The van der Waals surface area contributed by atoms with Crippen LogP contribution in [0.15, 0.2) is 35.5 Å². The fourth-order valence-corrected chi connectivity index (χ4v) is 5.78. The van der Waals surface area contributed by atoms with Gasteiger partial charge in [-0.1, -0.05) is 51.5 Å². The zero-order valence-electron chi connectivity index (χ0n) is 16.2. The molecular formula is C23H34O. The van der Waals surface area contributed by atoms with E-state index in [1.807, 2.05) is 0 Å². The van der Waals surface area contributed by atoms with Gasteiger partial charge in [0.15, 0.2) is 5.78 Å². The van der Waals surface area contributed by atoms with Crippen molar-refractivity contribution < 1.29 is 4.79 Å². The Balaban J connectivity index is 1.93. The number of carbonyl (C=O) groups excluding carboxylic acids is 1. The Kier molecular flexibility index (Phi) is 4.66. The van der Waals surface area contributed by atoms with E-state index in [2.05, 4.69) is 45.9 Å². The first-order valence-electron chi connectivity index (χ1n) is 9.81. The van der Waals surface area contributed by atoms with Crippen LogP contribution in [0, 0.1) is 28.6 Å². The van der Waals surface area contributed by atoms with Crippen LogP contribution in [0.3, 0.4) is 0 Å². The number of hydrogen-bond acceptors (Lipinski definition) is 1. The fourth-order valence-electron chi connectivity index (χ4n) is 5.78. The maximum atomic E-state index is 11.2. The van der Waals surface area contributed by atoms with E-state index in [0.29, 0.717) is 28.6 Å². The Hall–Kier alpha value is -1.11. The summed E-state index contributed by atoms with van der Waals surface area (Å²) in [4.78, 5) is 11.2. The number of ketones is 1. The second kappa shape index (κ2) is 6.32. The number of hydrogen-bond donors (Lipinski definition) is 0. The van der Waals surface area contributed by atoms with E-state index in [1.54, 1.807) is 24.1 Å². The van der Waals surface area contributed by atoms with E-state index >= 15 is 0 Å². The van der Waals surface area contributed by atoms with Gasteiger partial charge in [0.2, 0.25) is 0 Å². The smallest absolute Gasteiger partial charge is 0.152 e. The molecule has 0 spiro atoms. The van der Waals surface area contributed by atoms with Crippen LogP contribution in [-0.2, 0) is 4.79 Å². The van der Waals surface area contributed by atoms with Gasteiger partial charge in [-0.25, -0.2) is 0 Å². The lowest BCUT2D eigenvalue weighted by atomic mass is 9.51. The molecule has 0 aliphatic heterocycles. The average Bonchev–Trinajstić information content (AvgIpc) is 2.45. The predicted molar refractivity (Wildman–Crippen MR) is 102 cm³/mol. The molecule has 3 unspecified atom stereocenters. The Bertz CT molecular complexity index is 600. The third kappa shape index (κ3) is 3.32. The summed E-state index contributed by atoms with van der Waals surface area (Å²) in [6.45, 7) is 11.4. The largest absolute Gasteiger partial charge is 0.295 e. The van der Waals surface area contributed by atoms with Crippen molar-refractivity contribution in [3.05, 3.63) is 35.5 Å². The van der Waals surface area contributed by atoms with Crippen molar-refractivity contribution in [2.45, 2.75) is 73.1 Å². The lowest BCUT2D eigenvalue weighted by Crippen LogP contribution is -2.44.